The first-order valence-corrected chi connectivity index (χ1v) is 15.2. The van der Waals surface area contributed by atoms with E-state index in [1.54, 1.807) is 30.0 Å². The van der Waals surface area contributed by atoms with Crippen LogP contribution in [0.2, 0.25) is 0 Å². The summed E-state index contributed by atoms with van der Waals surface area (Å²) >= 11 is 1.59. The summed E-state index contributed by atoms with van der Waals surface area (Å²) in [5.41, 5.74) is 0.764. The minimum Gasteiger partial charge on any atom is -0.464 e. The van der Waals surface area contributed by atoms with E-state index in [1.165, 1.54) is 6.07 Å². The van der Waals surface area contributed by atoms with Gasteiger partial charge in [0.25, 0.3) is 0 Å². The van der Waals surface area contributed by atoms with Crippen molar-refractivity contribution in [3.05, 3.63) is 53.5 Å². The van der Waals surface area contributed by atoms with E-state index in [1.807, 2.05) is 19.2 Å². The second-order valence-electron chi connectivity index (χ2n) is 7.45. The highest BCUT2D eigenvalue weighted by Crippen LogP contribution is 2.18. The molecule has 0 saturated heterocycles. The Morgan fingerprint density at radius 2 is 1.83 bits per heavy atom. The molecule has 35 heavy (non-hydrogen) atoms. The summed E-state index contributed by atoms with van der Waals surface area (Å²) in [6, 6.07) is 10.1. The van der Waals surface area contributed by atoms with Crippen LogP contribution in [-0.4, -0.2) is 66.3 Å². The Morgan fingerprint density at radius 3 is 2.49 bits per heavy atom. The van der Waals surface area contributed by atoms with Gasteiger partial charge >= 0.3 is 0 Å². The topological polar surface area (TPSA) is 162 Å². The zero-order chi connectivity index (χ0) is 25.2. The number of sulfonamides is 2. The number of hydrogen-bond acceptors (Lipinski definition) is 9. The Bertz CT molecular complexity index is 1170. The lowest BCUT2D eigenvalue weighted by molar-refractivity contribution is 0.181. The molecule has 198 valence electrons. The first kappa shape index (κ1) is 31.1. The van der Waals surface area contributed by atoms with Gasteiger partial charge in [-0.15, -0.1) is 12.4 Å². The van der Waals surface area contributed by atoms with Crippen LogP contribution in [0.1, 0.15) is 23.2 Å². The van der Waals surface area contributed by atoms with Gasteiger partial charge < -0.3 is 20.2 Å². The zero-order valence-electron chi connectivity index (χ0n) is 19.6. The number of benzene rings is 1. The van der Waals surface area contributed by atoms with Crippen LogP contribution in [0.3, 0.4) is 0 Å². The first-order valence-electron chi connectivity index (χ1n) is 10.3. The third-order valence-electron chi connectivity index (χ3n) is 4.14. The van der Waals surface area contributed by atoms with Crippen molar-refractivity contribution in [1.82, 2.24) is 15.4 Å². The minimum absolute atomic E-state index is 0. The number of anilines is 1. The lowest BCUT2D eigenvalue weighted by Gasteiger charge is -2.16. The summed E-state index contributed by atoms with van der Waals surface area (Å²) in [6.07, 6.45) is 1.01. The number of rotatable bonds is 13. The molecule has 2 aromatic rings. The Balaban J connectivity index is 0.00000612. The monoisotopic (exact) mass is 569 g/mol. The fourth-order valence-electron chi connectivity index (χ4n) is 2.80. The molecule has 0 saturated carbocycles. The molecular weight excluding hydrogens is 538 g/mol. The first-order chi connectivity index (χ1) is 15.9. The Labute approximate surface area is 217 Å². The molecule has 0 fully saturated rings. The summed E-state index contributed by atoms with van der Waals surface area (Å²) < 4.78 is 56.5. The van der Waals surface area contributed by atoms with Crippen molar-refractivity contribution >= 4 is 55.9 Å². The van der Waals surface area contributed by atoms with Gasteiger partial charge in [0, 0.05) is 18.0 Å². The molecule has 0 bridgehead atoms. The van der Waals surface area contributed by atoms with Gasteiger partial charge in [0.1, 0.15) is 11.5 Å². The second kappa shape index (κ2) is 14.6. The van der Waals surface area contributed by atoms with Crippen LogP contribution < -0.4 is 20.1 Å². The van der Waals surface area contributed by atoms with Gasteiger partial charge in [-0.1, -0.05) is 12.1 Å². The van der Waals surface area contributed by atoms with Gasteiger partial charge in [-0.3, -0.25) is 14.4 Å². The smallest absolute Gasteiger partial charge is 0.232 e. The predicted octanol–water partition coefficient (Wildman–Crippen LogP) is 1.25. The molecule has 2 rings (SSSR count). The molecule has 0 aliphatic heterocycles. The highest BCUT2D eigenvalue weighted by molar-refractivity contribution is 7.98. The molecule has 1 unspecified atom stereocenters. The van der Waals surface area contributed by atoms with Gasteiger partial charge in [-0.2, -0.15) is 11.8 Å². The van der Waals surface area contributed by atoms with Gasteiger partial charge in [-0.25, -0.2) is 16.8 Å². The van der Waals surface area contributed by atoms with Gasteiger partial charge in [0.2, 0.25) is 26.0 Å². The maximum absolute atomic E-state index is 11.7. The molecule has 0 amide bonds. The minimum atomic E-state index is -3.58. The summed E-state index contributed by atoms with van der Waals surface area (Å²) in [7, 11) is -5.19. The number of aliphatic hydroxyl groups is 1. The normalized spacial score (nSPS) is 13.1. The summed E-state index contributed by atoms with van der Waals surface area (Å²) in [6.45, 7) is 0.951. The van der Waals surface area contributed by atoms with E-state index in [0.29, 0.717) is 35.8 Å². The van der Waals surface area contributed by atoms with Crippen LogP contribution in [0.15, 0.2) is 45.8 Å². The third kappa shape index (κ3) is 13.1. The molecule has 0 aliphatic rings. The SMILES string of the molecule is CNCc1ccc(CSCC/N=C(\NCC(O)c2cccc(NS(C)(=O)=O)c2)NS(C)(=O)=O)o1.Cl. The third-order valence-corrected chi connectivity index (χ3v) is 6.27. The number of guanidine groups is 1. The molecule has 11 nitrogen and oxygen atoms in total. The molecular formula is C20H32ClN5O6S3. The molecule has 1 aromatic carbocycles. The fourth-order valence-corrected chi connectivity index (χ4v) is 4.56. The molecule has 1 aromatic heterocycles. The second-order valence-corrected chi connectivity index (χ2v) is 12.1. The number of halogens is 1. The van der Waals surface area contributed by atoms with E-state index in [-0.39, 0.29) is 24.9 Å². The molecule has 5 N–H and O–H groups in total. The van der Waals surface area contributed by atoms with Crippen LogP contribution in [0.25, 0.3) is 0 Å². The molecule has 15 heteroatoms. The molecule has 0 spiro atoms. The largest absolute Gasteiger partial charge is 0.464 e. The highest BCUT2D eigenvalue weighted by atomic mass is 35.5. The van der Waals surface area contributed by atoms with Crippen molar-refractivity contribution in [2.45, 2.75) is 18.4 Å². The standard InChI is InChI=1S/C20H31N5O6S3.ClH/c1-21-12-17-7-8-18(31-17)14-32-10-9-22-20(25-34(3,29)30)23-13-19(26)15-5-4-6-16(11-15)24-33(2,27)28;/h4-8,11,19,21,24,26H,9-10,12-14H2,1-3H3,(H2,22,23,25);1H. The lowest BCUT2D eigenvalue weighted by Crippen LogP contribution is -2.42. The van der Waals surface area contributed by atoms with Crippen LogP contribution >= 0.6 is 24.2 Å². The van der Waals surface area contributed by atoms with Crippen molar-refractivity contribution in [3.63, 3.8) is 0 Å². The van der Waals surface area contributed by atoms with Crippen LogP contribution in [0.4, 0.5) is 5.69 Å². The average Bonchev–Trinajstić information content (AvgIpc) is 3.17. The zero-order valence-corrected chi connectivity index (χ0v) is 22.9. The van der Waals surface area contributed by atoms with Gasteiger partial charge in [0.15, 0.2) is 0 Å². The molecule has 0 aliphatic carbocycles. The van der Waals surface area contributed by atoms with Crippen molar-refractivity contribution < 1.29 is 26.4 Å². The summed E-state index contributed by atoms with van der Waals surface area (Å²) in [5, 5.41) is 16.3. The molecule has 1 heterocycles. The van der Waals surface area contributed by atoms with Crippen molar-refractivity contribution in [1.29, 1.82) is 0 Å². The van der Waals surface area contributed by atoms with Crippen molar-refractivity contribution in [3.8, 4) is 0 Å². The number of nitrogens with one attached hydrogen (secondary N) is 4. The highest BCUT2D eigenvalue weighted by Gasteiger charge is 2.13. The van der Waals surface area contributed by atoms with Crippen molar-refractivity contribution in [2.24, 2.45) is 4.99 Å². The summed E-state index contributed by atoms with van der Waals surface area (Å²) in [4.78, 5) is 4.26. The number of furan rings is 1. The molecule has 1 atom stereocenters. The Kier molecular flexibility index (Phi) is 12.9. The number of aliphatic imine (C=N–C) groups is 1. The maximum Gasteiger partial charge on any atom is 0.232 e. The summed E-state index contributed by atoms with van der Waals surface area (Å²) in [5.74, 6) is 3.01. The van der Waals surface area contributed by atoms with E-state index >= 15 is 0 Å². The number of aliphatic hydroxyl groups excluding tert-OH is 1. The fraction of sp³-hybridized carbons (Fsp3) is 0.450. The van der Waals surface area contributed by atoms with E-state index in [4.69, 9.17) is 4.42 Å². The lowest BCUT2D eigenvalue weighted by atomic mass is 10.1. The molecule has 0 radical (unpaired) electrons. The number of hydrogen-bond donors (Lipinski definition) is 5. The van der Waals surface area contributed by atoms with Gasteiger partial charge in [-0.05, 0) is 36.9 Å². The van der Waals surface area contributed by atoms with Crippen LogP contribution in [0, 0.1) is 0 Å². The van der Waals surface area contributed by atoms with E-state index in [9.17, 15) is 21.9 Å². The number of nitrogens with zero attached hydrogens (tertiary/aromatic N) is 1. The van der Waals surface area contributed by atoms with Gasteiger partial charge in [0.05, 0.1) is 37.5 Å². The van der Waals surface area contributed by atoms with Crippen LogP contribution in [0.5, 0.6) is 0 Å². The average molecular weight is 570 g/mol. The maximum atomic E-state index is 11.7. The Morgan fingerprint density at radius 1 is 1.11 bits per heavy atom. The van der Waals surface area contributed by atoms with E-state index in [2.05, 4.69) is 25.1 Å². The van der Waals surface area contributed by atoms with Crippen molar-refractivity contribution in [2.75, 3.05) is 43.1 Å². The van der Waals surface area contributed by atoms with E-state index in [0.717, 1.165) is 24.0 Å². The Hall–Kier alpha value is -1.97. The number of thioether (sulfide) groups is 1. The van der Waals surface area contributed by atoms with Crippen LogP contribution in [-0.2, 0) is 32.3 Å². The predicted molar refractivity (Wildman–Crippen MR) is 143 cm³/mol. The quantitative estimate of drug-likeness (QED) is 0.136. The van der Waals surface area contributed by atoms with E-state index < -0.39 is 26.2 Å².